The summed E-state index contributed by atoms with van der Waals surface area (Å²) in [5.74, 6) is -0.299. The molecule has 2 aliphatic heterocycles. The van der Waals surface area contributed by atoms with Crippen molar-refractivity contribution in [2.75, 3.05) is 18.4 Å². The molecule has 49 heavy (non-hydrogen) atoms. The van der Waals surface area contributed by atoms with Gasteiger partial charge in [-0.1, -0.05) is 73.2 Å². The Morgan fingerprint density at radius 3 is 2.18 bits per heavy atom. The molecule has 262 valence electrons. The average Bonchev–Trinajstić information content (AvgIpc) is 3.60. The van der Waals surface area contributed by atoms with Crippen LogP contribution >= 0.6 is 0 Å². The third kappa shape index (κ3) is 8.86. The summed E-state index contributed by atoms with van der Waals surface area (Å²) in [7, 11) is -3.97. The minimum absolute atomic E-state index is 0.0882. The maximum atomic E-state index is 14.3. The lowest BCUT2D eigenvalue weighted by molar-refractivity contribution is -0.122. The molecule has 5 atom stereocenters. The first-order valence-electron chi connectivity index (χ1n) is 17.0. The van der Waals surface area contributed by atoms with Crippen molar-refractivity contribution in [1.82, 2.24) is 24.7 Å². The summed E-state index contributed by atoms with van der Waals surface area (Å²) >= 11 is 0. The number of hydrogen-bond donors (Lipinski definition) is 3. The first-order valence-corrected chi connectivity index (χ1v) is 18.5. The standard InChI is InChI=1S/C37H48N6O5S/c1-5-12-36(45)39-31-21-32(43(24-31)49(47,48)33-19-17-26(2)18-20-33)25-42(37(46)40-30-15-10-7-11-16-30)34-22-35(38-28(4)44)41(27(34)3)23-29-13-8-6-9-14-29/h6-11,13-20,27,31-32,34-35H,5,12,21-25H2,1-4H3,(H,38,44)(H,39,45)(H,40,46)/t27?,31-,32?,34?,35?/m0/s1. The van der Waals surface area contributed by atoms with Gasteiger partial charge in [-0.3, -0.25) is 14.5 Å². The van der Waals surface area contributed by atoms with Crippen molar-refractivity contribution >= 4 is 33.6 Å². The highest BCUT2D eigenvalue weighted by atomic mass is 32.2. The fourth-order valence-corrected chi connectivity index (χ4v) is 8.69. The molecule has 0 saturated carbocycles. The lowest BCUT2D eigenvalue weighted by Gasteiger charge is -2.37. The quantitative estimate of drug-likeness (QED) is 0.253. The highest BCUT2D eigenvalue weighted by Gasteiger charge is 2.47. The molecule has 3 aromatic rings. The first kappa shape index (κ1) is 36.0. The smallest absolute Gasteiger partial charge is 0.322 e. The number of hydrogen-bond acceptors (Lipinski definition) is 6. The topological polar surface area (TPSA) is 131 Å². The van der Waals surface area contributed by atoms with Crippen LogP contribution in [0.25, 0.3) is 0 Å². The highest BCUT2D eigenvalue weighted by Crippen LogP contribution is 2.33. The number of urea groups is 1. The van der Waals surface area contributed by atoms with E-state index >= 15 is 0 Å². The van der Waals surface area contributed by atoms with Crippen LogP contribution in [-0.2, 0) is 26.2 Å². The van der Waals surface area contributed by atoms with Crippen molar-refractivity contribution in [3.8, 4) is 0 Å². The molecule has 0 spiro atoms. The van der Waals surface area contributed by atoms with Gasteiger partial charge in [0.05, 0.1) is 17.1 Å². The van der Waals surface area contributed by atoms with Crippen LogP contribution in [-0.4, -0.2) is 83.8 Å². The van der Waals surface area contributed by atoms with Crippen LogP contribution in [0.5, 0.6) is 0 Å². The molecule has 4 amide bonds. The summed E-state index contributed by atoms with van der Waals surface area (Å²) in [5, 5.41) is 9.15. The average molecular weight is 689 g/mol. The van der Waals surface area contributed by atoms with E-state index in [4.69, 9.17) is 0 Å². The third-order valence-electron chi connectivity index (χ3n) is 9.45. The Bertz CT molecular complexity index is 1690. The molecule has 0 bridgehead atoms. The Balaban J connectivity index is 1.50. The van der Waals surface area contributed by atoms with Crippen LogP contribution in [0.2, 0.25) is 0 Å². The number of carbonyl (C=O) groups excluding carboxylic acids is 3. The number of sulfonamides is 1. The van der Waals surface area contributed by atoms with Gasteiger partial charge in [0.15, 0.2) is 0 Å². The Kier molecular flexibility index (Phi) is 11.7. The van der Waals surface area contributed by atoms with Crippen molar-refractivity contribution in [3.05, 3.63) is 96.1 Å². The predicted molar refractivity (Wildman–Crippen MR) is 190 cm³/mol. The van der Waals surface area contributed by atoms with Gasteiger partial charge < -0.3 is 20.9 Å². The summed E-state index contributed by atoms with van der Waals surface area (Å²) in [6.45, 7) is 8.09. The zero-order chi connectivity index (χ0) is 35.1. The monoisotopic (exact) mass is 688 g/mol. The van der Waals surface area contributed by atoms with Gasteiger partial charge in [0.25, 0.3) is 0 Å². The molecular weight excluding hydrogens is 641 g/mol. The third-order valence-corrected chi connectivity index (χ3v) is 11.4. The lowest BCUT2D eigenvalue weighted by Crippen LogP contribution is -2.53. The van der Waals surface area contributed by atoms with Crippen molar-refractivity contribution in [3.63, 3.8) is 0 Å². The molecule has 5 rings (SSSR count). The predicted octanol–water partition coefficient (Wildman–Crippen LogP) is 4.70. The fourth-order valence-electron chi connectivity index (χ4n) is 7.02. The molecule has 12 heteroatoms. The molecule has 3 N–H and O–H groups in total. The zero-order valence-corrected chi connectivity index (χ0v) is 29.5. The van der Waals surface area contributed by atoms with Crippen LogP contribution in [0.3, 0.4) is 0 Å². The van der Waals surface area contributed by atoms with Crippen molar-refractivity contribution in [1.29, 1.82) is 0 Å². The van der Waals surface area contributed by atoms with Crippen molar-refractivity contribution < 1.29 is 22.8 Å². The molecule has 2 heterocycles. The Morgan fingerprint density at radius 2 is 1.55 bits per heavy atom. The van der Waals surface area contributed by atoms with Gasteiger partial charge in [-0.25, -0.2) is 13.2 Å². The van der Waals surface area contributed by atoms with Crippen LogP contribution < -0.4 is 16.0 Å². The number of para-hydroxylation sites is 1. The number of likely N-dealkylation sites (tertiary alicyclic amines) is 1. The molecule has 2 saturated heterocycles. The van der Waals surface area contributed by atoms with E-state index in [1.165, 1.54) is 11.2 Å². The summed E-state index contributed by atoms with van der Waals surface area (Å²) in [6, 6.07) is 23.9. The van der Waals surface area contributed by atoms with E-state index in [2.05, 4.69) is 20.9 Å². The Morgan fingerprint density at radius 1 is 0.898 bits per heavy atom. The largest absolute Gasteiger partial charge is 0.352 e. The number of amides is 4. The SMILES string of the molecule is CCCC(=O)N[C@H]1CC(CN(C(=O)Nc2ccccc2)C2CC(NC(C)=O)N(Cc3ccccc3)C2C)N(S(=O)(=O)c2ccc(C)cc2)C1. The minimum Gasteiger partial charge on any atom is -0.352 e. The molecule has 3 aromatic carbocycles. The second-order valence-corrected chi connectivity index (χ2v) is 15.0. The molecule has 11 nitrogen and oxygen atoms in total. The van der Waals surface area contributed by atoms with E-state index in [-0.39, 0.29) is 54.1 Å². The fraction of sp³-hybridized carbons (Fsp3) is 0.432. The van der Waals surface area contributed by atoms with E-state index in [1.54, 1.807) is 41.3 Å². The van der Waals surface area contributed by atoms with Gasteiger partial charge in [0, 0.05) is 63.2 Å². The van der Waals surface area contributed by atoms with E-state index < -0.39 is 22.1 Å². The first-order chi connectivity index (χ1) is 23.5. The normalized spacial score (nSPS) is 22.8. The molecule has 2 aliphatic rings. The van der Waals surface area contributed by atoms with Gasteiger partial charge in [0.2, 0.25) is 21.8 Å². The second kappa shape index (κ2) is 16.0. The maximum absolute atomic E-state index is 14.3. The Hall–Kier alpha value is -4.26. The van der Waals surface area contributed by atoms with Gasteiger partial charge in [0.1, 0.15) is 0 Å². The van der Waals surface area contributed by atoms with Gasteiger partial charge in [-0.2, -0.15) is 4.31 Å². The van der Waals surface area contributed by atoms with Crippen molar-refractivity contribution in [2.45, 2.75) is 95.2 Å². The van der Waals surface area contributed by atoms with E-state index in [0.29, 0.717) is 37.9 Å². The van der Waals surface area contributed by atoms with Gasteiger partial charge in [-0.05, 0) is 56.5 Å². The van der Waals surface area contributed by atoms with Gasteiger partial charge in [-0.15, -0.1) is 0 Å². The van der Waals surface area contributed by atoms with E-state index in [9.17, 15) is 22.8 Å². The zero-order valence-electron chi connectivity index (χ0n) is 28.7. The number of anilines is 1. The minimum atomic E-state index is -3.97. The highest BCUT2D eigenvalue weighted by molar-refractivity contribution is 7.89. The number of rotatable bonds is 12. The van der Waals surface area contributed by atoms with Crippen LogP contribution in [0.1, 0.15) is 57.6 Å². The van der Waals surface area contributed by atoms with Crippen LogP contribution in [0, 0.1) is 6.92 Å². The Labute approximate surface area is 290 Å². The summed E-state index contributed by atoms with van der Waals surface area (Å²) in [4.78, 5) is 43.4. The van der Waals surface area contributed by atoms with Crippen LogP contribution in [0.15, 0.2) is 89.8 Å². The number of aryl methyl sites for hydroxylation is 1. The maximum Gasteiger partial charge on any atom is 0.322 e. The van der Waals surface area contributed by atoms with E-state index in [1.807, 2.05) is 69.3 Å². The molecule has 0 aliphatic carbocycles. The molecule has 0 radical (unpaired) electrons. The summed E-state index contributed by atoms with van der Waals surface area (Å²) in [6.07, 6.45) is 1.47. The molecule has 0 aromatic heterocycles. The lowest BCUT2D eigenvalue weighted by atomic mass is 10.1. The van der Waals surface area contributed by atoms with E-state index in [0.717, 1.165) is 11.1 Å². The number of carbonyl (C=O) groups is 3. The molecular formula is C37H48N6O5S. The number of nitrogens with zero attached hydrogens (tertiary/aromatic N) is 3. The van der Waals surface area contributed by atoms with Crippen LogP contribution in [0.4, 0.5) is 10.5 Å². The number of benzene rings is 3. The second-order valence-electron chi connectivity index (χ2n) is 13.2. The summed E-state index contributed by atoms with van der Waals surface area (Å²) in [5.41, 5.74) is 2.62. The van der Waals surface area contributed by atoms with Gasteiger partial charge >= 0.3 is 6.03 Å². The van der Waals surface area contributed by atoms with Crippen molar-refractivity contribution in [2.24, 2.45) is 0 Å². The molecule has 2 fully saturated rings. The molecule has 4 unspecified atom stereocenters. The number of nitrogens with one attached hydrogen (secondary N) is 3. The summed E-state index contributed by atoms with van der Waals surface area (Å²) < 4.78 is 29.9.